The van der Waals surface area contributed by atoms with Gasteiger partial charge in [0, 0.05) is 35.5 Å². The van der Waals surface area contributed by atoms with Gasteiger partial charge >= 0.3 is 0 Å². The molecule has 1 aliphatic carbocycles. The summed E-state index contributed by atoms with van der Waals surface area (Å²) < 4.78 is 0. The normalized spacial score (nSPS) is 19.1. The van der Waals surface area contributed by atoms with Gasteiger partial charge in [-0.2, -0.15) is 4.98 Å². The molecule has 1 aliphatic rings. The number of anilines is 2. The summed E-state index contributed by atoms with van der Waals surface area (Å²) in [6.07, 6.45) is 4.60. The molecule has 3 aromatic heterocycles. The summed E-state index contributed by atoms with van der Waals surface area (Å²) in [6.45, 7) is 2.14. The Bertz CT molecular complexity index is 981. The van der Waals surface area contributed by atoms with E-state index in [4.69, 9.17) is 22.3 Å². The fraction of sp³-hybridized carbons (Fsp3) is 0.368. The lowest BCUT2D eigenvalue weighted by Gasteiger charge is -2.18. The van der Waals surface area contributed by atoms with Gasteiger partial charge in [0.25, 0.3) is 0 Å². The zero-order chi connectivity index (χ0) is 19.7. The van der Waals surface area contributed by atoms with Crippen LogP contribution in [0.4, 0.5) is 11.8 Å². The standard InChI is InChI=1S/C19H21ClN6OS/c1-10-13(4-5-14(23-10)18-22-6-7-28-18)15-16(20)25-19(21)26-17(15)24-12-3-2-11(8-12)9-27/h4-7,11-12,27H,2-3,8-9H2,1H3,(H3,21,24,25,26)/t11-,12+/m1/s1. The molecular weight excluding hydrogens is 396 g/mol. The summed E-state index contributed by atoms with van der Waals surface area (Å²) >= 11 is 8.02. The number of rotatable bonds is 5. The summed E-state index contributed by atoms with van der Waals surface area (Å²) in [5.74, 6) is 1.04. The fourth-order valence-corrected chi connectivity index (χ4v) is 4.54. The second kappa shape index (κ2) is 7.98. The summed E-state index contributed by atoms with van der Waals surface area (Å²) in [5.41, 5.74) is 9.03. The van der Waals surface area contributed by atoms with Gasteiger partial charge in [-0.05, 0) is 38.2 Å². The zero-order valence-corrected chi connectivity index (χ0v) is 17.0. The number of thiazole rings is 1. The molecule has 0 aliphatic heterocycles. The minimum Gasteiger partial charge on any atom is -0.396 e. The van der Waals surface area contributed by atoms with Crippen molar-refractivity contribution in [3.63, 3.8) is 0 Å². The van der Waals surface area contributed by atoms with Crippen LogP contribution >= 0.6 is 22.9 Å². The third kappa shape index (κ3) is 3.80. The summed E-state index contributed by atoms with van der Waals surface area (Å²) in [5, 5.41) is 15.9. The highest BCUT2D eigenvalue weighted by molar-refractivity contribution is 7.13. The minimum absolute atomic E-state index is 0.123. The maximum absolute atomic E-state index is 9.40. The lowest BCUT2D eigenvalue weighted by molar-refractivity contribution is 0.229. The Labute approximate surface area is 172 Å². The lowest BCUT2D eigenvalue weighted by atomic mass is 10.1. The van der Waals surface area contributed by atoms with Crippen LogP contribution < -0.4 is 11.1 Å². The Kier molecular flexibility index (Phi) is 5.43. The van der Waals surface area contributed by atoms with Crippen molar-refractivity contribution >= 4 is 34.7 Å². The third-order valence-electron chi connectivity index (χ3n) is 5.03. The van der Waals surface area contributed by atoms with E-state index in [2.05, 4.69) is 20.3 Å². The molecule has 0 spiro atoms. The molecule has 146 valence electrons. The quantitative estimate of drug-likeness (QED) is 0.543. The first-order chi connectivity index (χ1) is 13.5. The molecule has 1 saturated carbocycles. The number of aromatic nitrogens is 4. The first-order valence-corrected chi connectivity index (χ1v) is 10.4. The number of pyridine rings is 1. The molecule has 4 rings (SSSR count). The molecule has 4 N–H and O–H groups in total. The Morgan fingerprint density at radius 3 is 2.82 bits per heavy atom. The van der Waals surface area contributed by atoms with Crippen LogP contribution in [0, 0.1) is 12.8 Å². The van der Waals surface area contributed by atoms with Gasteiger partial charge in [0.05, 0.1) is 11.3 Å². The number of hydrogen-bond acceptors (Lipinski definition) is 8. The number of hydrogen-bond donors (Lipinski definition) is 3. The second-order valence-corrected chi connectivity index (χ2v) is 8.22. The fourth-order valence-electron chi connectivity index (χ4n) is 3.65. The van der Waals surface area contributed by atoms with E-state index in [0.29, 0.717) is 22.5 Å². The lowest BCUT2D eigenvalue weighted by Crippen LogP contribution is -2.19. The molecule has 3 heterocycles. The van der Waals surface area contributed by atoms with E-state index < -0.39 is 0 Å². The van der Waals surface area contributed by atoms with Crippen molar-refractivity contribution in [3.8, 4) is 21.8 Å². The predicted octanol–water partition coefficient (Wildman–Crippen LogP) is 3.78. The SMILES string of the molecule is Cc1nc(-c2nccs2)ccc1-c1c(Cl)nc(N)nc1N[C@H]1CC[C@@H](CO)C1. The predicted molar refractivity (Wildman–Crippen MR) is 112 cm³/mol. The van der Waals surface area contributed by atoms with Gasteiger partial charge in [-0.25, -0.2) is 15.0 Å². The topological polar surface area (TPSA) is 110 Å². The Morgan fingerprint density at radius 1 is 1.29 bits per heavy atom. The molecule has 0 amide bonds. The smallest absolute Gasteiger partial charge is 0.223 e. The van der Waals surface area contributed by atoms with Crippen molar-refractivity contribution < 1.29 is 5.11 Å². The Morgan fingerprint density at radius 2 is 2.14 bits per heavy atom. The van der Waals surface area contributed by atoms with Crippen molar-refractivity contribution in [1.82, 2.24) is 19.9 Å². The molecule has 3 aromatic rings. The Balaban J connectivity index is 1.71. The van der Waals surface area contributed by atoms with Crippen LogP contribution in [-0.4, -0.2) is 37.7 Å². The molecular formula is C19H21ClN6OS. The summed E-state index contributed by atoms with van der Waals surface area (Å²) in [4.78, 5) is 17.6. The van der Waals surface area contributed by atoms with Crippen molar-refractivity contribution in [2.45, 2.75) is 32.2 Å². The Hall–Kier alpha value is -2.29. The minimum atomic E-state index is 0.123. The van der Waals surface area contributed by atoms with Crippen LogP contribution in [0.1, 0.15) is 25.0 Å². The highest BCUT2D eigenvalue weighted by atomic mass is 35.5. The van der Waals surface area contributed by atoms with Crippen molar-refractivity contribution in [3.05, 3.63) is 34.6 Å². The van der Waals surface area contributed by atoms with Crippen molar-refractivity contribution in [2.75, 3.05) is 17.7 Å². The van der Waals surface area contributed by atoms with Crippen LogP contribution in [0.15, 0.2) is 23.7 Å². The first kappa shape index (κ1) is 19.0. The van der Waals surface area contributed by atoms with E-state index in [1.807, 2.05) is 24.4 Å². The van der Waals surface area contributed by atoms with Gasteiger partial charge in [-0.15, -0.1) is 11.3 Å². The third-order valence-corrected chi connectivity index (χ3v) is 6.10. The molecule has 0 saturated heterocycles. The molecule has 2 atom stereocenters. The molecule has 9 heteroatoms. The number of aryl methyl sites for hydroxylation is 1. The molecule has 0 unspecified atom stereocenters. The maximum atomic E-state index is 9.40. The van der Waals surface area contributed by atoms with Crippen molar-refractivity contribution in [2.24, 2.45) is 5.92 Å². The average Bonchev–Trinajstić information content (AvgIpc) is 3.34. The largest absolute Gasteiger partial charge is 0.396 e. The maximum Gasteiger partial charge on any atom is 0.223 e. The van der Waals surface area contributed by atoms with E-state index in [-0.39, 0.29) is 18.6 Å². The van der Waals surface area contributed by atoms with Gasteiger partial charge in [0.15, 0.2) is 0 Å². The average molecular weight is 417 g/mol. The monoisotopic (exact) mass is 416 g/mol. The van der Waals surface area contributed by atoms with Crippen LogP contribution in [0.2, 0.25) is 5.15 Å². The molecule has 1 fully saturated rings. The van der Waals surface area contributed by atoms with Gasteiger partial charge in [0.1, 0.15) is 16.0 Å². The molecule has 0 bridgehead atoms. The van der Waals surface area contributed by atoms with E-state index in [0.717, 1.165) is 41.2 Å². The van der Waals surface area contributed by atoms with E-state index in [1.54, 1.807) is 17.5 Å². The van der Waals surface area contributed by atoms with Gasteiger partial charge < -0.3 is 16.2 Å². The number of nitrogens with one attached hydrogen (secondary N) is 1. The van der Waals surface area contributed by atoms with Crippen LogP contribution in [0.3, 0.4) is 0 Å². The molecule has 0 aromatic carbocycles. The zero-order valence-electron chi connectivity index (χ0n) is 15.4. The first-order valence-electron chi connectivity index (χ1n) is 9.13. The van der Waals surface area contributed by atoms with Crippen LogP contribution in [0.25, 0.3) is 21.8 Å². The molecule has 0 radical (unpaired) electrons. The van der Waals surface area contributed by atoms with Crippen LogP contribution in [0.5, 0.6) is 0 Å². The second-order valence-electron chi connectivity index (χ2n) is 6.97. The van der Waals surface area contributed by atoms with Crippen molar-refractivity contribution in [1.29, 1.82) is 0 Å². The van der Waals surface area contributed by atoms with E-state index >= 15 is 0 Å². The van der Waals surface area contributed by atoms with E-state index in [1.165, 1.54) is 0 Å². The number of nitrogen functional groups attached to an aromatic ring is 1. The summed E-state index contributed by atoms with van der Waals surface area (Å²) in [7, 11) is 0. The highest BCUT2D eigenvalue weighted by Crippen LogP contribution is 2.37. The number of nitrogens with zero attached hydrogens (tertiary/aromatic N) is 4. The van der Waals surface area contributed by atoms with Crippen LogP contribution in [-0.2, 0) is 0 Å². The van der Waals surface area contributed by atoms with Gasteiger partial charge in [0.2, 0.25) is 5.95 Å². The van der Waals surface area contributed by atoms with E-state index in [9.17, 15) is 5.11 Å². The summed E-state index contributed by atoms with van der Waals surface area (Å²) in [6, 6.07) is 4.11. The van der Waals surface area contributed by atoms with Gasteiger partial charge in [-0.3, -0.25) is 0 Å². The molecule has 28 heavy (non-hydrogen) atoms. The number of aliphatic hydroxyl groups is 1. The van der Waals surface area contributed by atoms with Gasteiger partial charge in [-0.1, -0.05) is 17.7 Å². The number of halogens is 1. The number of aliphatic hydroxyl groups excluding tert-OH is 1. The molecule has 7 nitrogen and oxygen atoms in total. The number of nitrogens with two attached hydrogens (primary N) is 1. The highest BCUT2D eigenvalue weighted by Gasteiger charge is 2.26.